The molecule has 6 nitrogen and oxygen atoms in total. The number of nitrogens with one attached hydrogen (secondary N) is 1. The van der Waals surface area contributed by atoms with Crippen LogP contribution in [0, 0.1) is 0 Å². The van der Waals surface area contributed by atoms with Gasteiger partial charge in [-0.1, -0.05) is 30.1 Å². The van der Waals surface area contributed by atoms with Gasteiger partial charge in [-0.2, -0.15) is 5.10 Å². The first kappa shape index (κ1) is 19.6. The van der Waals surface area contributed by atoms with E-state index < -0.39 is 6.09 Å². The second-order valence-corrected chi connectivity index (χ2v) is 6.28. The quantitative estimate of drug-likeness (QED) is 0.764. The molecule has 0 unspecified atom stereocenters. The fraction of sp³-hybridized carbons (Fsp3) is 0.412. The molecular weight excluding hydrogens is 365 g/mol. The van der Waals surface area contributed by atoms with Crippen molar-refractivity contribution in [2.75, 3.05) is 13.2 Å². The van der Waals surface area contributed by atoms with E-state index in [1.54, 1.807) is 13.0 Å². The number of nitrogens with zero attached hydrogens (tertiary/aromatic N) is 2. The summed E-state index contributed by atoms with van der Waals surface area (Å²) in [7, 11) is 0. The molecule has 1 aromatic heterocycles. The number of hydrogen-bond donors (Lipinski definition) is 2. The first-order valence-corrected chi connectivity index (χ1v) is 8.84. The third kappa shape index (κ3) is 5.11. The zero-order valence-corrected chi connectivity index (χ0v) is 15.7. The molecule has 1 heterocycles. The number of carbonyl (C=O) groups is 1. The van der Waals surface area contributed by atoms with Crippen molar-refractivity contribution in [2.45, 2.75) is 33.2 Å². The number of benzene rings is 1. The number of aryl methyl sites for hydroxylation is 1. The normalized spacial score (nSPS) is 10.8. The second-order valence-electron chi connectivity index (χ2n) is 5.41. The molecule has 0 saturated heterocycles. The molecule has 1 aromatic carbocycles. The minimum absolute atomic E-state index is 0.112. The zero-order chi connectivity index (χ0) is 18.4. The van der Waals surface area contributed by atoms with Crippen molar-refractivity contribution in [3.63, 3.8) is 0 Å². The zero-order valence-electron chi connectivity index (χ0n) is 14.2. The highest BCUT2D eigenvalue weighted by molar-refractivity contribution is 6.34. The Bertz CT molecular complexity index is 727. The molecule has 0 atom stereocenters. The second kappa shape index (κ2) is 9.08. The molecule has 0 fully saturated rings. The number of hydrogen-bond acceptors (Lipinski definition) is 4. The number of aliphatic hydroxyl groups is 1. The van der Waals surface area contributed by atoms with Gasteiger partial charge < -0.3 is 15.2 Å². The third-order valence-corrected chi connectivity index (χ3v) is 3.98. The van der Waals surface area contributed by atoms with Crippen LogP contribution in [-0.4, -0.2) is 34.1 Å². The van der Waals surface area contributed by atoms with Gasteiger partial charge in [-0.3, -0.25) is 0 Å². The van der Waals surface area contributed by atoms with Gasteiger partial charge in [0.05, 0.1) is 18.8 Å². The molecule has 2 rings (SSSR count). The monoisotopic (exact) mass is 385 g/mol. The van der Waals surface area contributed by atoms with Crippen LogP contribution in [0.5, 0.6) is 5.88 Å². The molecule has 0 bridgehead atoms. The van der Waals surface area contributed by atoms with Gasteiger partial charge in [0.25, 0.3) is 0 Å². The molecule has 0 aliphatic heterocycles. The van der Waals surface area contributed by atoms with E-state index in [9.17, 15) is 9.90 Å². The lowest BCUT2D eigenvalue weighted by Crippen LogP contribution is -2.27. The third-order valence-electron chi connectivity index (χ3n) is 3.54. The molecule has 0 spiro atoms. The van der Waals surface area contributed by atoms with Crippen molar-refractivity contribution < 1.29 is 14.6 Å². The summed E-state index contributed by atoms with van der Waals surface area (Å²) < 4.78 is 6.97. The molecule has 1 amide bonds. The van der Waals surface area contributed by atoms with Gasteiger partial charge in [-0.05, 0) is 37.1 Å². The number of ether oxygens (including phenoxy) is 1. The van der Waals surface area contributed by atoms with Crippen molar-refractivity contribution in [2.24, 2.45) is 0 Å². The number of aromatic nitrogens is 2. The Labute approximate surface area is 156 Å². The minimum atomic E-state index is -0.561. The number of carbonyl (C=O) groups excluding carboxylic acids is 1. The van der Waals surface area contributed by atoms with Crippen LogP contribution in [0.15, 0.2) is 18.2 Å². The Morgan fingerprint density at radius 1 is 1.28 bits per heavy atom. The van der Waals surface area contributed by atoms with E-state index in [1.807, 2.05) is 19.1 Å². The minimum Gasteiger partial charge on any atom is -0.394 e. The van der Waals surface area contributed by atoms with E-state index in [0.717, 1.165) is 16.8 Å². The highest BCUT2D eigenvalue weighted by atomic mass is 35.5. The van der Waals surface area contributed by atoms with Crippen LogP contribution in [0.2, 0.25) is 10.0 Å². The number of amides is 1. The molecule has 0 aliphatic carbocycles. The summed E-state index contributed by atoms with van der Waals surface area (Å²) >= 11 is 12.2. The average Bonchev–Trinajstić information content (AvgIpc) is 2.84. The maximum Gasteiger partial charge on any atom is 0.413 e. The lowest BCUT2D eigenvalue weighted by Gasteiger charge is -2.10. The molecular formula is C17H21Cl2N3O3. The van der Waals surface area contributed by atoms with Gasteiger partial charge >= 0.3 is 6.09 Å². The van der Waals surface area contributed by atoms with E-state index in [-0.39, 0.29) is 13.2 Å². The number of halogens is 2. The molecule has 2 aromatic rings. The van der Waals surface area contributed by atoms with E-state index in [2.05, 4.69) is 10.4 Å². The van der Waals surface area contributed by atoms with E-state index >= 15 is 0 Å². The predicted molar refractivity (Wildman–Crippen MR) is 97.7 cm³/mol. The summed E-state index contributed by atoms with van der Waals surface area (Å²) in [5, 5.41) is 17.4. The summed E-state index contributed by atoms with van der Waals surface area (Å²) in [6, 6.07) is 5.28. The van der Waals surface area contributed by atoms with Crippen molar-refractivity contribution >= 4 is 29.3 Å². The SMILES string of the molecule is CCNC(=O)Oc1c(Cc2cc(Cl)cc(Cl)c2)c(CC)nn1CCO. The van der Waals surface area contributed by atoms with E-state index in [1.165, 1.54) is 4.68 Å². The van der Waals surface area contributed by atoms with Crippen LogP contribution in [0.3, 0.4) is 0 Å². The fourth-order valence-corrected chi connectivity index (χ4v) is 3.11. The predicted octanol–water partition coefficient (Wildman–Crippen LogP) is 3.44. The molecule has 25 heavy (non-hydrogen) atoms. The molecule has 2 N–H and O–H groups in total. The Kier molecular flexibility index (Phi) is 7.11. The van der Waals surface area contributed by atoms with Crippen molar-refractivity contribution in [3.05, 3.63) is 45.1 Å². The van der Waals surface area contributed by atoms with Gasteiger partial charge in [0.1, 0.15) is 0 Å². The summed E-state index contributed by atoms with van der Waals surface area (Å²) in [5.41, 5.74) is 2.46. The Hall–Kier alpha value is -1.76. The molecule has 8 heteroatoms. The van der Waals surface area contributed by atoms with Crippen LogP contribution in [0.1, 0.15) is 30.7 Å². The topological polar surface area (TPSA) is 76.4 Å². The highest BCUT2D eigenvalue weighted by Gasteiger charge is 2.21. The van der Waals surface area contributed by atoms with Crippen LogP contribution in [0.4, 0.5) is 4.79 Å². The van der Waals surface area contributed by atoms with Gasteiger partial charge in [0, 0.05) is 28.6 Å². The highest BCUT2D eigenvalue weighted by Crippen LogP contribution is 2.29. The Morgan fingerprint density at radius 3 is 2.52 bits per heavy atom. The van der Waals surface area contributed by atoms with Gasteiger partial charge in [0.2, 0.25) is 5.88 Å². The van der Waals surface area contributed by atoms with E-state index in [0.29, 0.717) is 35.3 Å². The van der Waals surface area contributed by atoms with Gasteiger partial charge in [-0.25, -0.2) is 9.48 Å². The van der Waals surface area contributed by atoms with Crippen LogP contribution >= 0.6 is 23.2 Å². The van der Waals surface area contributed by atoms with Crippen molar-refractivity contribution in [1.29, 1.82) is 0 Å². The summed E-state index contributed by atoms with van der Waals surface area (Å²) in [6.07, 6.45) is 0.562. The Balaban J connectivity index is 2.43. The maximum atomic E-state index is 11.9. The first-order valence-electron chi connectivity index (χ1n) is 8.08. The van der Waals surface area contributed by atoms with Crippen LogP contribution < -0.4 is 10.1 Å². The first-order chi connectivity index (χ1) is 12.0. The molecule has 0 radical (unpaired) electrons. The van der Waals surface area contributed by atoms with Crippen molar-refractivity contribution in [3.8, 4) is 5.88 Å². The van der Waals surface area contributed by atoms with Gasteiger partial charge in [-0.15, -0.1) is 0 Å². The number of aliphatic hydroxyl groups excluding tert-OH is 1. The summed E-state index contributed by atoms with van der Waals surface area (Å²) in [4.78, 5) is 11.9. The van der Waals surface area contributed by atoms with Crippen LogP contribution in [-0.2, 0) is 19.4 Å². The van der Waals surface area contributed by atoms with Crippen LogP contribution in [0.25, 0.3) is 0 Å². The van der Waals surface area contributed by atoms with Gasteiger partial charge in [0.15, 0.2) is 0 Å². The smallest absolute Gasteiger partial charge is 0.394 e. The molecule has 0 saturated carbocycles. The largest absolute Gasteiger partial charge is 0.413 e. The average molecular weight is 386 g/mol. The van der Waals surface area contributed by atoms with Crippen molar-refractivity contribution in [1.82, 2.24) is 15.1 Å². The lowest BCUT2D eigenvalue weighted by atomic mass is 10.0. The number of rotatable bonds is 7. The maximum absolute atomic E-state index is 11.9. The van der Waals surface area contributed by atoms with E-state index in [4.69, 9.17) is 27.9 Å². The molecule has 136 valence electrons. The Morgan fingerprint density at radius 2 is 1.96 bits per heavy atom. The summed E-state index contributed by atoms with van der Waals surface area (Å²) in [5.74, 6) is 0.327. The lowest BCUT2D eigenvalue weighted by molar-refractivity contribution is 0.192. The molecule has 0 aliphatic rings. The standard InChI is InChI=1S/C17H21Cl2N3O3/c1-3-15-14(9-11-7-12(18)10-13(19)8-11)16(22(21-15)5-6-23)25-17(24)20-4-2/h7-8,10,23H,3-6,9H2,1-2H3,(H,20,24). The summed E-state index contributed by atoms with van der Waals surface area (Å²) in [6.45, 7) is 4.35. The fourth-order valence-electron chi connectivity index (χ4n) is 2.54.